The van der Waals surface area contributed by atoms with Crippen LogP contribution >= 0.6 is 11.6 Å². The molecule has 0 bridgehead atoms. The van der Waals surface area contributed by atoms with Crippen molar-refractivity contribution >= 4 is 21.6 Å². The number of nitrogens with one attached hydrogen (secondary N) is 1. The van der Waals surface area contributed by atoms with Crippen LogP contribution in [-0.2, 0) is 10.0 Å². The van der Waals surface area contributed by atoms with Gasteiger partial charge in [-0.2, -0.15) is 0 Å². The van der Waals surface area contributed by atoms with Crippen molar-refractivity contribution in [2.75, 3.05) is 6.54 Å². The van der Waals surface area contributed by atoms with Gasteiger partial charge in [0.15, 0.2) is 0 Å². The van der Waals surface area contributed by atoms with Crippen LogP contribution in [0.15, 0.2) is 23.1 Å². The van der Waals surface area contributed by atoms with Crippen molar-refractivity contribution in [3.63, 3.8) is 0 Å². The maximum atomic E-state index is 11.9. The molecule has 0 saturated heterocycles. The Morgan fingerprint density at radius 2 is 2.12 bits per heavy atom. The Bertz CT molecular complexity index is 487. The maximum absolute atomic E-state index is 11.9. The average molecular weight is 278 g/mol. The number of benzene rings is 1. The summed E-state index contributed by atoms with van der Waals surface area (Å²) in [5, 5.41) is 9.75. The lowest BCUT2D eigenvalue weighted by Crippen LogP contribution is -2.32. The van der Waals surface area contributed by atoms with Gasteiger partial charge >= 0.3 is 0 Å². The van der Waals surface area contributed by atoms with Gasteiger partial charge in [0.1, 0.15) is 0 Å². The second-order valence-electron chi connectivity index (χ2n) is 3.78. The molecule has 6 heteroatoms. The molecule has 0 fully saturated rings. The second-order valence-corrected chi connectivity index (χ2v) is 5.92. The van der Waals surface area contributed by atoms with E-state index in [-0.39, 0.29) is 11.4 Å². The van der Waals surface area contributed by atoms with Crippen LogP contribution in [-0.4, -0.2) is 26.2 Å². The summed E-state index contributed by atoms with van der Waals surface area (Å²) in [7, 11) is -3.61. The zero-order valence-corrected chi connectivity index (χ0v) is 11.3. The summed E-state index contributed by atoms with van der Waals surface area (Å²) in [4.78, 5) is 0.147. The van der Waals surface area contributed by atoms with Crippen molar-refractivity contribution in [3.05, 3.63) is 28.8 Å². The van der Waals surface area contributed by atoms with Crippen molar-refractivity contribution in [3.8, 4) is 0 Å². The van der Waals surface area contributed by atoms with Crippen LogP contribution in [0.4, 0.5) is 0 Å². The van der Waals surface area contributed by atoms with E-state index < -0.39 is 16.1 Å². The molecule has 2 N–H and O–H groups in total. The molecule has 0 spiro atoms. The number of aliphatic hydroxyl groups excluding tert-OH is 1. The highest BCUT2D eigenvalue weighted by atomic mass is 35.5. The highest BCUT2D eigenvalue weighted by Crippen LogP contribution is 2.22. The summed E-state index contributed by atoms with van der Waals surface area (Å²) in [6.07, 6.45) is -0.180. The topological polar surface area (TPSA) is 66.4 Å². The van der Waals surface area contributed by atoms with Crippen molar-refractivity contribution < 1.29 is 13.5 Å². The monoisotopic (exact) mass is 277 g/mol. The van der Waals surface area contributed by atoms with Gasteiger partial charge in [-0.3, -0.25) is 0 Å². The minimum Gasteiger partial charge on any atom is -0.392 e. The van der Waals surface area contributed by atoms with E-state index in [0.29, 0.717) is 17.0 Å². The van der Waals surface area contributed by atoms with Crippen LogP contribution in [0.2, 0.25) is 5.02 Å². The third kappa shape index (κ3) is 3.67. The molecule has 0 aliphatic rings. The first kappa shape index (κ1) is 14.4. The Morgan fingerprint density at radius 1 is 1.47 bits per heavy atom. The number of rotatable bonds is 5. The summed E-state index contributed by atoms with van der Waals surface area (Å²) in [5.41, 5.74) is 0.507. The molecule has 0 aromatic heterocycles. The van der Waals surface area contributed by atoms with Crippen molar-refractivity contribution in [2.24, 2.45) is 0 Å². The predicted octanol–water partition coefficient (Wildman–Crippen LogP) is 1.70. The summed E-state index contributed by atoms with van der Waals surface area (Å²) < 4.78 is 26.2. The fourth-order valence-electron chi connectivity index (χ4n) is 1.31. The highest BCUT2D eigenvalue weighted by molar-refractivity contribution is 7.89. The fourth-order valence-corrected chi connectivity index (χ4v) is 2.88. The summed E-state index contributed by atoms with van der Waals surface area (Å²) in [6, 6.07) is 4.71. The van der Waals surface area contributed by atoms with Crippen LogP contribution in [0.25, 0.3) is 0 Å². The zero-order valence-electron chi connectivity index (χ0n) is 9.77. The summed E-state index contributed by atoms with van der Waals surface area (Å²) in [5.74, 6) is 0. The Morgan fingerprint density at radius 3 is 2.71 bits per heavy atom. The van der Waals surface area contributed by atoms with Crippen LogP contribution in [0.5, 0.6) is 0 Å². The number of halogens is 1. The van der Waals surface area contributed by atoms with Gasteiger partial charge < -0.3 is 5.11 Å². The molecule has 0 aliphatic heterocycles. The predicted molar refractivity (Wildman–Crippen MR) is 67.7 cm³/mol. The molecule has 0 heterocycles. The zero-order chi connectivity index (χ0) is 13.1. The first-order valence-electron chi connectivity index (χ1n) is 5.31. The average Bonchev–Trinajstić information content (AvgIpc) is 2.29. The van der Waals surface area contributed by atoms with E-state index in [2.05, 4.69) is 4.72 Å². The van der Waals surface area contributed by atoms with Gasteiger partial charge in [-0.15, -0.1) is 0 Å². The second kappa shape index (κ2) is 5.82. The Kier molecular flexibility index (Phi) is 4.94. The normalized spacial score (nSPS) is 13.6. The van der Waals surface area contributed by atoms with Crippen molar-refractivity contribution in [2.45, 2.75) is 31.3 Å². The molecular weight excluding hydrogens is 262 g/mol. The molecule has 17 heavy (non-hydrogen) atoms. The molecule has 0 radical (unpaired) electrons. The third-order valence-corrected chi connectivity index (χ3v) is 4.47. The summed E-state index contributed by atoms with van der Waals surface area (Å²) >= 11 is 5.87. The van der Waals surface area contributed by atoms with E-state index in [1.807, 2.05) is 0 Å². The molecule has 1 atom stereocenters. The van der Waals surface area contributed by atoms with Gasteiger partial charge in [0.25, 0.3) is 0 Å². The standard InChI is InChI=1S/C11H16ClNO3S/c1-3-9(14)7-13-17(15,16)11-6-4-5-10(12)8(11)2/h4-6,9,13-14H,3,7H2,1-2H3. The van der Waals surface area contributed by atoms with Gasteiger partial charge in [0.05, 0.1) is 11.0 Å². The first-order chi connectivity index (χ1) is 7.88. The quantitative estimate of drug-likeness (QED) is 0.861. The smallest absolute Gasteiger partial charge is 0.240 e. The van der Waals surface area contributed by atoms with E-state index in [0.717, 1.165) is 0 Å². The minimum absolute atomic E-state index is 0.00475. The maximum Gasteiger partial charge on any atom is 0.240 e. The SMILES string of the molecule is CCC(O)CNS(=O)(=O)c1cccc(Cl)c1C. The Balaban J connectivity index is 2.94. The molecule has 1 aromatic rings. The van der Waals surface area contributed by atoms with Crippen molar-refractivity contribution in [1.82, 2.24) is 4.72 Å². The third-order valence-electron chi connectivity index (χ3n) is 2.49. The van der Waals surface area contributed by atoms with Crippen LogP contribution in [0.1, 0.15) is 18.9 Å². The van der Waals surface area contributed by atoms with Gasteiger partial charge in [-0.05, 0) is 31.0 Å². The van der Waals surface area contributed by atoms with Crippen LogP contribution < -0.4 is 4.72 Å². The van der Waals surface area contributed by atoms with E-state index in [1.54, 1.807) is 26.0 Å². The minimum atomic E-state index is -3.61. The highest BCUT2D eigenvalue weighted by Gasteiger charge is 2.18. The van der Waals surface area contributed by atoms with Crippen LogP contribution in [0, 0.1) is 6.92 Å². The molecule has 1 unspecified atom stereocenters. The summed E-state index contributed by atoms with van der Waals surface area (Å²) in [6.45, 7) is 3.43. The van der Waals surface area contributed by atoms with Crippen LogP contribution in [0.3, 0.4) is 0 Å². The molecule has 0 aliphatic carbocycles. The van der Waals surface area contributed by atoms with E-state index in [4.69, 9.17) is 11.6 Å². The Labute approximate surface area is 107 Å². The lowest BCUT2D eigenvalue weighted by Gasteiger charge is -2.12. The molecule has 96 valence electrons. The lowest BCUT2D eigenvalue weighted by molar-refractivity contribution is 0.174. The van der Waals surface area contributed by atoms with Gasteiger partial charge in [0.2, 0.25) is 10.0 Å². The molecule has 0 saturated carbocycles. The molecule has 0 amide bonds. The van der Waals surface area contributed by atoms with E-state index >= 15 is 0 Å². The number of sulfonamides is 1. The van der Waals surface area contributed by atoms with E-state index in [9.17, 15) is 13.5 Å². The first-order valence-corrected chi connectivity index (χ1v) is 7.17. The van der Waals surface area contributed by atoms with Gasteiger partial charge in [0, 0.05) is 11.6 Å². The van der Waals surface area contributed by atoms with E-state index in [1.165, 1.54) is 6.07 Å². The van der Waals surface area contributed by atoms with Gasteiger partial charge in [-0.25, -0.2) is 13.1 Å². The number of hydrogen-bond donors (Lipinski definition) is 2. The lowest BCUT2D eigenvalue weighted by atomic mass is 10.2. The molecule has 1 rings (SSSR count). The van der Waals surface area contributed by atoms with Gasteiger partial charge in [-0.1, -0.05) is 24.6 Å². The molecule has 1 aromatic carbocycles. The molecule has 4 nitrogen and oxygen atoms in total. The number of hydrogen-bond acceptors (Lipinski definition) is 3. The Hall–Kier alpha value is -0.620. The van der Waals surface area contributed by atoms with Crippen molar-refractivity contribution in [1.29, 1.82) is 0 Å². The largest absolute Gasteiger partial charge is 0.392 e. The number of aliphatic hydroxyl groups is 1. The molecular formula is C11H16ClNO3S. The fraction of sp³-hybridized carbons (Fsp3) is 0.455.